The highest BCUT2D eigenvalue weighted by Gasteiger charge is 2.18. The lowest BCUT2D eigenvalue weighted by Crippen LogP contribution is -2.35. The molecule has 0 aromatic heterocycles. The van der Waals surface area contributed by atoms with Gasteiger partial charge in [-0.3, -0.25) is 4.79 Å². The largest absolute Gasteiger partial charge is 0.338 e. The van der Waals surface area contributed by atoms with Crippen molar-refractivity contribution in [1.82, 2.24) is 4.90 Å². The minimum Gasteiger partial charge on any atom is -0.338 e. The number of benzene rings is 2. The minimum atomic E-state index is 0.224. The predicted octanol–water partition coefficient (Wildman–Crippen LogP) is 4.40. The van der Waals surface area contributed by atoms with Crippen molar-refractivity contribution in [3.8, 4) is 0 Å². The molecule has 2 aromatic rings. The highest BCUT2D eigenvalue weighted by atomic mass is 32.2. The summed E-state index contributed by atoms with van der Waals surface area (Å²) < 4.78 is 0. The molecule has 0 N–H and O–H groups in total. The molecule has 2 nitrogen and oxygen atoms in total. The monoisotopic (exact) mass is 323 g/mol. The first-order chi connectivity index (χ1) is 11.2. The van der Waals surface area contributed by atoms with Gasteiger partial charge in [0.05, 0.1) is 5.75 Å². The van der Waals surface area contributed by atoms with E-state index in [0.29, 0.717) is 5.75 Å². The number of hydrogen-bond donors (Lipinski definition) is 0. The highest BCUT2D eigenvalue weighted by molar-refractivity contribution is 8.00. The molecule has 3 heteroatoms. The van der Waals surface area contributed by atoms with Gasteiger partial charge in [-0.05, 0) is 36.1 Å². The zero-order valence-corrected chi connectivity index (χ0v) is 14.2. The first-order valence-corrected chi connectivity index (χ1v) is 8.93. The summed E-state index contributed by atoms with van der Waals surface area (Å²) in [5.41, 5.74) is 3.85. The summed E-state index contributed by atoms with van der Waals surface area (Å²) in [5, 5.41) is 0. The van der Waals surface area contributed by atoms with Crippen LogP contribution in [-0.4, -0.2) is 29.6 Å². The van der Waals surface area contributed by atoms with Crippen LogP contribution in [0.5, 0.6) is 0 Å². The van der Waals surface area contributed by atoms with Crippen LogP contribution < -0.4 is 0 Å². The van der Waals surface area contributed by atoms with Crippen molar-refractivity contribution >= 4 is 23.2 Å². The van der Waals surface area contributed by atoms with E-state index in [1.807, 2.05) is 23.1 Å². The number of carbonyl (C=O) groups excluding carboxylic acids is 1. The molecule has 0 atom stereocenters. The fourth-order valence-corrected chi connectivity index (χ4v) is 3.69. The summed E-state index contributed by atoms with van der Waals surface area (Å²) in [7, 11) is 0. The Bertz CT molecular complexity index is 709. The summed E-state index contributed by atoms with van der Waals surface area (Å²) in [5.74, 6) is 0.737. The van der Waals surface area contributed by atoms with Gasteiger partial charge in [0.15, 0.2) is 0 Å². The van der Waals surface area contributed by atoms with Crippen LogP contribution in [0.15, 0.2) is 65.6 Å². The van der Waals surface area contributed by atoms with Gasteiger partial charge in [-0.25, -0.2) is 0 Å². The third-order valence-corrected chi connectivity index (χ3v) is 5.31. The third kappa shape index (κ3) is 4.05. The van der Waals surface area contributed by atoms with Gasteiger partial charge in [0.2, 0.25) is 5.91 Å². The molecule has 23 heavy (non-hydrogen) atoms. The van der Waals surface area contributed by atoms with E-state index in [9.17, 15) is 4.79 Å². The van der Waals surface area contributed by atoms with E-state index in [-0.39, 0.29) is 5.91 Å². The quantitative estimate of drug-likeness (QED) is 0.777. The smallest absolute Gasteiger partial charge is 0.233 e. The van der Waals surface area contributed by atoms with Gasteiger partial charge in [0, 0.05) is 18.0 Å². The topological polar surface area (TPSA) is 20.3 Å². The van der Waals surface area contributed by atoms with Crippen molar-refractivity contribution in [3.05, 3.63) is 71.8 Å². The molecule has 0 radical (unpaired) electrons. The van der Waals surface area contributed by atoms with Crippen LogP contribution in [0.3, 0.4) is 0 Å². The van der Waals surface area contributed by atoms with E-state index in [1.165, 1.54) is 21.6 Å². The Kier molecular flexibility index (Phi) is 5.19. The van der Waals surface area contributed by atoms with Crippen LogP contribution in [0.2, 0.25) is 0 Å². The minimum absolute atomic E-state index is 0.224. The summed E-state index contributed by atoms with van der Waals surface area (Å²) in [6.45, 7) is 3.62. The molecule has 3 rings (SSSR count). The second-order valence-corrected chi connectivity index (χ2v) is 6.76. The third-order valence-electron chi connectivity index (χ3n) is 4.15. The number of aryl methyl sites for hydroxylation is 1. The first kappa shape index (κ1) is 15.9. The molecule has 1 heterocycles. The summed E-state index contributed by atoms with van der Waals surface area (Å²) >= 11 is 1.63. The van der Waals surface area contributed by atoms with E-state index in [2.05, 4.69) is 49.4 Å². The average molecular weight is 323 g/mol. The summed E-state index contributed by atoms with van der Waals surface area (Å²) in [4.78, 5) is 15.6. The molecule has 1 aliphatic heterocycles. The fourth-order valence-electron chi connectivity index (χ4n) is 2.76. The maximum atomic E-state index is 12.4. The van der Waals surface area contributed by atoms with Crippen molar-refractivity contribution < 1.29 is 4.79 Å². The average Bonchev–Trinajstić information content (AvgIpc) is 2.62. The van der Waals surface area contributed by atoms with Gasteiger partial charge in [0.25, 0.3) is 0 Å². The Balaban J connectivity index is 1.56. The van der Waals surface area contributed by atoms with Crippen molar-refractivity contribution in [1.29, 1.82) is 0 Å². The molecule has 0 fully saturated rings. The lowest BCUT2D eigenvalue weighted by molar-refractivity contribution is -0.127. The molecule has 0 spiro atoms. The van der Waals surface area contributed by atoms with Gasteiger partial charge in [-0.2, -0.15) is 0 Å². The van der Waals surface area contributed by atoms with E-state index in [0.717, 1.165) is 19.5 Å². The van der Waals surface area contributed by atoms with E-state index in [1.54, 1.807) is 11.8 Å². The van der Waals surface area contributed by atoms with Crippen LogP contribution in [-0.2, 0) is 4.79 Å². The van der Waals surface area contributed by atoms with Gasteiger partial charge in [-0.15, -0.1) is 11.8 Å². The molecule has 0 aliphatic carbocycles. The molecule has 1 amide bonds. The number of hydrogen-bond acceptors (Lipinski definition) is 2. The Morgan fingerprint density at radius 2 is 1.83 bits per heavy atom. The number of nitrogens with zero attached hydrogens (tertiary/aromatic N) is 1. The van der Waals surface area contributed by atoms with Crippen molar-refractivity contribution in [2.24, 2.45) is 0 Å². The fraction of sp³-hybridized carbons (Fsp3) is 0.250. The molecule has 0 bridgehead atoms. The SMILES string of the molecule is Cc1ccccc1SCC(=O)N1CC=C(c2ccccc2)CC1. The number of carbonyl (C=O) groups is 1. The lowest BCUT2D eigenvalue weighted by Gasteiger charge is -2.26. The maximum absolute atomic E-state index is 12.4. The molecular formula is C20H21NOS. The van der Waals surface area contributed by atoms with Crippen molar-refractivity contribution in [2.75, 3.05) is 18.8 Å². The zero-order chi connectivity index (χ0) is 16.1. The molecule has 0 saturated carbocycles. The Hall–Kier alpha value is -2.00. The highest BCUT2D eigenvalue weighted by Crippen LogP contribution is 2.25. The van der Waals surface area contributed by atoms with Crippen LogP contribution in [0.1, 0.15) is 17.5 Å². The standard InChI is InChI=1S/C20H21NOS/c1-16-7-5-6-10-19(16)23-15-20(22)21-13-11-18(12-14-21)17-8-3-2-4-9-17/h2-11H,12-15H2,1H3. The Morgan fingerprint density at radius 3 is 2.52 bits per heavy atom. The Morgan fingerprint density at radius 1 is 1.09 bits per heavy atom. The summed E-state index contributed by atoms with van der Waals surface area (Å²) in [6, 6.07) is 18.6. The van der Waals surface area contributed by atoms with Gasteiger partial charge < -0.3 is 4.90 Å². The van der Waals surface area contributed by atoms with Gasteiger partial charge >= 0.3 is 0 Å². The Labute approximate surface area is 142 Å². The molecule has 118 valence electrons. The second-order valence-electron chi connectivity index (χ2n) is 5.74. The molecule has 2 aromatic carbocycles. The van der Waals surface area contributed by atoms with Crippen LogP contribution in [0.4, 0.5) is 0 Å². The normalized spacial score (nSPS) is 14.5. The molecule has 0 saturated heterocycles. The van der Waals surface area contributed by atoms with Crippen molar-refractivity contribution in [3.63, 3.8) is 0 Å². The second kappa shape index (κ2) is 7.51. The van der Waals surface area contributed by atoms with Crippen LogP contribution in [0, 0.1) is 6.92 Å². The summed E-state index contributed by atoms with van der Waals surface area (Å²) in [6.07, 6.45) is 3.12. The zero-order valence-electron chi connectivity index (χ0n) is 13.4. The number of amides is 1. The van der Waals surface area contributed by atoms with Gasteiger partial charge in [-0.1, -0.05) is 54.6 Å². The van der Waals surface area contributed by atoms with Crippen LogP contribution >= 0.6 is 11.8 Å². The van der Waals surface area contributed by atoms with Gasteiger partial charge in [0.1, 0.15) is 0 Å². The number of thioether (sulfide) groups is 1. The predicted molar refractivity (Wildman–Crippen MR) is 97.5 cm³/mol. The van der Waals surface area contributed by atoms with E-state index in [4.69, 9.17) is 0 Å². The first-order valence-electron chi connectivity index (χ1n) is 7.95. The maximum Gasteiger partial charge on any atom is 0.233 e. The molecule has 1 aliphatic rings. The molecule has 0 unspecified atom stereocenters. The number of rotatable bonds is 4. The van der Waals surface area contributed by atoms with Crippen molar-refractivity contribution in [2.45, 2.75) is 18.2 Å². The van der Waals surface area contributed by atoms with E-state index >= 15 is 0 Å². The van der Waals surface area contributed by atoms with E-state index < -0.39 is 0 Å². The molecular weight excluding hydrogens is 302 g/mol. The lowest BCUT2D eigenvalue weighted by atomic mass is 10.00. The van der Waals surface area contributed by atoms with Crippen LogP contribution in [0.25, 0.3) is 5.57 Å².